The second-order valence-corrected chi connectivity index (χ2v) is 7.30. The van der Waals surface area contributed by atoms with Crippen molar-refractivity contribution >= 4 is 17.5 Å². The van der Waals surface area contributed by atoms with Gasteiger partial charge >= 0.3 is 0 Å². The van der Waals surface area contributed by atoms with Gasteiger partial charge in [0.2, 0.25) is 0 Å². The van der Waals surface area contributed by atoms with Crippen LogP contribution in [-0.4, -0.2) is 36.9 Å². The number of carbonyl (C=O) groups excluding carboxylic acids is 1. The van der Waals surface area contributed by atoms with Crippen molar-refractivity contribution in [1.29, 1.82) is 0 Å². The van der Waals surface area contributed by atoms with Crippen molar-refractivity contribution in [3.8, 4) is 5.75 Å². The van der Waals surface area contributed by atoms with Crippen molar-refractivity contribution < 1.29 is 9.53 Å². The Balaban J connectivity index is 1.72. The molecule has 154 valence electrons. The minimum atomic E-state index is -0.0355. The maximum atomic E-state index is 12.7. The normalized spacial score (nSPS) is 11.1. The lowest BCUT2D eigenvalue weighted by molar-refractivity contribution is 0.104. The molecule has 0 atom stereocenters. The van der Waals surface area contributed by atoms with Gasteiger partial charge in [0.25, 0.3) is 0 Å². The molecule has 3 rings (SSSR count). The summed E-state index contributed by atoms with van der Waals surface area (Å²) in [7, 11) is 5.69. The van der Waals surface area contributed by atoms with E-state index in [1.54, 1.807) is 19.4 Å². The number of carbonyl (C=O) groups is 1. The molecule has 3 aromatic rings. The standard InChI is InChI=1S/C25H27N3O2/c1-28(2)18-22-15-24(30-3)11-9-20(22)10-12-25(29)21-7-4-8-23(14-21)27-17-19-6-5-13-26-16-19/h4-16,27H,17-18H2,1-3H3. The van der Waals surface area contributed by atoms with E-state index in [1.165, 1.54) is 0 Å². The number of ether oxygens (including phenoxy) is 1. The summed E-state index contributed by atoms with van der Waals surface area (Å²) in [6.07, 6.45) is 7.07. The van der Waals surface area contributed by atoms with Gasteiger partial charge in [0.15, 0.2) is 5.78 Å². The number of anilines is 1. The van der Waals surface area contributed by atoms with Crippen molar-refractivity contribution in [2.45, 2.75) is 13.1 Å². The van der Waals surface area contributed by atoms with Gasteiger partial charge in [0, 0.05) is 36.7 Å². The van der Waals surface area contributed by atoms with Gasteiger partial charge in [-0.2, -0.15) is 0 Å². The fourth-order valence-electron chi connectivity index (χ4n) is 3.10. The van der Waals surface area contributed by atoms with Gasteiger partial charge in [-0.05, 0) is 67.2 Å². The molecule has 0 aliphatic carbocycles. The summed E-state index contributed by atoms with van der Waals surface area (Å²) < 4.78 is 5.33. The molecule has 0 saturated carbocycles. The lowest BCUT2D eigenvalue weighted by Gasteiger charge is -2.13. The van der Waals surface area contributed by atoms with Crippen molar-refractivity contribution in [1.82, 2.24) is 9.88 Å². The van der Waals surface area contributed by atoms with Crippen LogP contribution in [0.3, 0.4) is 0 Å². The monoisotopic (exact) mass is 401 g/mol. The number of hydrogen-bond donors (Lipinski definition) is 1. The second-order valence-electron chi connectivity index (χ2n) is 7.30. The molecule has 0 amide bonds. The van der Waals surface area contributed by atoms with Crippen LogP contribution in [0.25, 0.3) is 6.08 Å². The summed E-state index contributed by atoms with van der Waals surface area (Å²) in [5.74, 6) is 0.773. The molecule has 0 aliphatic rings. The predicted molar refractivity (Wildman–Crippen MR) is 122 cm³/mol. The van der Waals surface area contributed by atoms with Crippen LogP contribution in [0.1, 0.15) is 27.0 Å². The zero-order chi connectivity index (χ0) is 21.3. The smallest absolute Gasteiger partial charge is 0.185 e. The van der Waals surface area contributed by atoms with E-state index in [4.69, 9.17) is 4.74 Å². The zero-order valence-electron chi connectivity index (χ0n) is 17.6. The fourth-order valence-corrected chi connectivity index (χ4v) is 3.10. The van der Waals surface area contributed by atoms with Crippen LogP contribution in [0.2, 0.25) is 0 Å². The van der Waals surface area contributed by atoms with E-state index in [0.717, 1.165) is 34.7 Å². The molecule has 0 radical (unpaired) electrons. The first kappa shape index (κ1) is 21.3. The molecule has 30 heavy (non-hydrogen) atoms. The third-order valence-electron chi connectivity index (χ3n) is 4.62. The topological polar surface area (TPSA) is 54.5 Å². The van der Waals surface area contributed by atoms with E-state index in [-0.39, 0.29) is 5.78 Å². The third-order valence-corrected chi connectivity index (χ3v) is 4.62. The number of hydrogen-bond acceptors (Lipinski definition) is 5. The predicted octanol–water partition coefficient (Wildman–Crippen LogP) is 4.66. The average Bonchev–Trinajstić information content (AvgIpc) is 2.77. The van der Waals surface area contributed by atoms with Crippen LogP contribution in [-0.2, 0) is 13.1 Å². The van der Waals surface area contributed by atoms with E-state index < -0.39 is 0 Å². The van der Waals surface area contributed by atoms with E-state index in [2.05, 4.69) is 15.2 Å². The van der Waals surface area contributed by atoms with Crippen molar-refractivity contribution in [3.05, 3.63) is 95.3 Å². The lowest BCUT2D eigenvalue weighted by Crippen LogP contribution is -2.11. The van der Waals surface area contributed by atoms with E-state index in [9.17, 15) is 4.79 Å². The number of nitrogens with zero attached hydrogens (tertiary/aromatic N) is 2. The van der Waals surface area contributed by atoms with E-state index >= 15 is 0 Å². The molecule has 2 aromatic carbocycles. The maximum Gasteiger partial charge on any atom is 0.185 e. The summed E-state index contributed by atoms with van der Waals surface area (Å²) in [5.41, 5.74) is 4.74. The minimum absolute atomic E-state index is 0.0355. The van der Waals surface area contributed by atoms with Gasteiger partial charge in [-0.15, -0.1) is 0 Å². The highest BCUT2D eigenvalue weighted by Crippen LogP contribution is 2.21. The number of rotatable bonds is 9. The van der Waals surface area contributed by atoms with Gasteiger partial charge in [0.1, 0.15) is 5.75 Å². The largest absolute Gasteiger partial charge is 0.497 e. The Morgan fingerprint density at radius 2 is 2.00 bits per heavy atom. The molecule has 1 heterocycles. The second kappa shape index (κ2) is 10.4. The first-order chi connectivity index (χ1) is 14.5. The summed E-state index contributed by atoms with van der Waals surface area (Å²) in [4.78, 5) is 18.9. The molecular weight excluding hydrogens is 374 g/mol. The number of allylic oxidation sites excluding steroid dienone is 1. The molecule has 0 bridgehead atoms. The highest BCUT2D eigenvalue weighted by Gasteiger charge is 2.07. The minimum Gasteiger partial charge on any atom is -0.497 e. The quantitative estimate of drug-likeness (QED) is 0.417. The number of ketones is 1. The van der Waals surface area contributed by atoms with Crippen molar-refractivity contribution in [2.24, 2.45) is 0 Å². The van der Waals surface area contributed by atoms with Gasteiger partial charge in [-0.25, -0.2) is 0 Å². The van der Waals surface area contributed by atoms with Crippen molar-refractivity contribution in [3.63, 3.8) is 0 Å². The maximum absolute atomic E-state index is 12.7. The molecular formula is C25H27N3O2. The average molecular weight is 402 g/mol. The Kier molecular flexibility index (Phi) is 7.35. The van der Waals surface area contributed by atoms with Crippen LogP contribution in [0.15, 0.2) is 73.1 Å². The number of nitrogens with one attached hydrogen (secondary N) is 1. The molecule has 0 fully saturated rings. The van der Waals surface area contributed by atoms with Gasteiger partial charge < -0.3 is 15.0 Å². The van der Waals surface area contributed by atoms with E-state index in [0.29, 0.717) is 12.1 Å². The molecule has 0 spiro atoms. The molecule has 5 nitrogen and oxygen atoms in total. The number of methoxy groups -OCH3 is 1. The molecule has 0 aliphatic heterocycles. The molecule has 5 heteroatoms. The Morgan fingerprint density at radius 3 is 2.73 bits per heavy atom. The van der Waals surface area contributed by atoms with Crippen LogP contribution in [0.4, 0.5) is 5.69 Å². The summed E-state index contributed by atoms with van der Waals surface area (Å²) in [6, 6.07) is 17.4. The molecule has 1 aromatic heterocycles. The molecule has 0 saturated heterocycles. The van der Waals surface area contributed by atoms with Crippen LogP contribution >= 0.6 is 0 Å². The first-order valence-corrected chi connectivity index (χ1v) is 9.82. The SMILES string of the molecule is COc1ccc(C=CC(=O)c2cccc(NCc3cccnc3)c2)c(CN(C)C)c1. The Bertz CT molecular complexity index is 1010. The molecule has 1 N–H and O–H groups in total. The number of pyridine rings is 1. The highest BCUT2D eigenvalue weighted by atomic mass is 16.5. The van der Waals surface area contributed by atoms with Crippen LogP contribution < -0.4 is 10.1 Å². The number of benzene rings is 2. The Morgan fingerprint density at radius 1 is 1.13 bits per heavy atom. The third kappa shape index (κ3) is 6.03. The van der Waals surface area contributed by atoms with Crippen LogP contribution in [0, 0.1) is 0 Å². The highest BCUT2D eigenvalue weighted by molar-refractivity contribution is 6.07. The Labute approximate surface area is 178 Å². The summed E-state index contributed by atoms with van der Waals surface area (Å²) in [5, 5.41) is 3.34. The van der Waals surface area contributed by atoms with Gasteiger partial charge in [-0.3, -0.25) is 9.78 Å². The summed E-state index contributed by atoms with van der Waals surface area (Å²) in [6.45, 7) is 1.42. The van der Waals surface area contributed by atoms with Gasteiger partial charge in [0.05, 0.1) is 7.11 Å². The van der Waals surface area contributed by atoms with Crippen LogP contribution in [0.5, 0.6) is 5.75 Å². The van der Waals surface area contributed by atoms with Crippen molar-refractivity contribution in [2.75, 3.05) is 26.5 Å². The fraction of sp³-hybridized carbons (Fsp3) is 0.200. The summed E-state index contributed by atoms with van der Waals surface area (Å²) >= 11 is 0. The van der Waals surface area contributed by atoms with E-state index in [1.807, 2.05) is 81.0 Å². The molecule has 0 unspecified atom stereocenters. The number of aromatic nitrogens is 1. The first-order valence-electron chi connectivity index (χ1n) is 9.82. The van der Waals surface area contributed by atoms with Gasteiger partial charge in [-0.1, -0.05) is 30.3 Å². The lowest BCUT2D eigenvalue weighted by atomic mass is 10.0. The zero-order valence-corrected chi connectivity index (χ0v) is 17.6. The Hall–Kier alpha value is -3.44.